The molecule has 0 aliphatic rings. The maximum Gasteiger partial charge on any atom is 0.222 e. The summed E-state index contributed by atoms with van der Waals surface area (Å²) >= 11 is 0. The van der Waals surface area contributed by atoms with Crippen LogP contribution in [0.2, 0.25) is 0 Å². The molecule has 18 heavy (non-hydrogen) atoms. The number of carbonyl (C=O) groups is 1. The first-order valence-corrected chi connectivity index (χ1v) is 6.10. The number of aliphatic hydroxyl groups is 1. The molecule has 0 radical (unpaired) electrons. The molecular formula is C14H20FNO2. The van der Waals surface area contributed by atoms with Crippen LogP contribution >= 0.6 is 0 Å². The molecule has 2 N–H and O–H groups in total. The van der Waals surface area contributed by atoms with E-state index in [1.807, 2.05) is 13.8 Å². The maximum atomic E-state index is 13.3. The molecule has 0 spiro atoms. The lowest BCUT2D eigenvalue weighted by Gasteiger charge is -2.14. The second-order valence-electron chi connectivity index (χ2n) is 4.88. The minimum absolute atomic E-state index is 0.0487. The minimum atomic E-state index is -0.639. The van der Waals surface area contributed by atoms with Crippen molar-refractivity contribution in [2.45, 2.75) is 39.8 Å². The largest absolute Gasteiger partial charge is 0.392 e. The molecule has 0 bridgehead atoms. The van der Waals surface area contributed by atoms with Gasteiger partial charge in [0.2, 0.25) is 5.91 Å². The predicted octanol–water partition coefficient (Wildman–Crippen LogP) is 2.16. The van der Waals surface area contributed by atoms with Gasteiger partial charge in [0.1, 0.15) is 5.82 Å². The second-order valence-corrected chi connectivity index (χ2v) is 4.88. The monoisotopic (exact) mass is 253 g/mol. The van der Waals surface area contributed by atoms with Gasteiger partial charge in [-0.05, 0) is 30.0 Å². The summed E-state index contributed by atoms with van der Waals surface area (Å²) in [4.78, 5) is 11.5. The van der Waals surface area contributed by atoms with E-state index in [1.54, 1.807) is 19.1 Å². The molecule has 0 fully saturated rings. The molecule has 0 heterocycles. The van der Waals surface area contributed by atoms with Gasteiger partial charge < -0.3 is 10.4 Å². The van der Waals surface area contributed by atoms with Crippen LogP contribution in [0.5, 0.6) is 0 Å². The van der Waals surface area contributed by atoms with Gasteiger partial charge in [-0.15, -0.1) is 0 Å². The molecule has 0 aliphatic carbocycles. The van der Waals surface area contributed by atoms with Crippen LogP contribution in [-0.4, -0.2) is 17.1 Å². The number of benzene rings is 1. The van der Waals surface area contributed by atoms with E-state index in [0.717, 1.165) is 0 Å². The number of nitrogens with one attached hydrogen (secondary N) is 1. The molecule has 0 aromatic heterocycles. The van der Waals surface area contributed by atoms with Crippen molar-refractivity contribution in [1.29, 1.82) is 0 Å². The number of aryl methyl sites for hydroxylation is 1. The van der Waals surface area contributed by atoms with Gasteiger partial charge in [-0.25, -0.2) is 4.39 Å². The number of hydrogen-bond acceptors (Lipinski definition) is 2. The quantitative estimate of drug-likeness (QED) is 0.844. The Kier molecular flexibility index (Phi) is 5.28. The Labute approximate surface area is 107 Å². The number of amides is 1. The number of aliphatic hydroxyl groups excluding tert-OH is 1. The van der Waals surface area contributed by atoms with E-state index >= 15 is 0 Å². The Morgan fingerprint density at radius 1 is 1.44 bits per heavy atom. The topological polar surface area (TPSA) is 49.3 Å². The Hall–Kier alpha value is -1.42. The molecule has 0 saturated carbocycles. The van der Waals surface area contributed by atoms with Crippen LogP contribution in [0.25, 0.3) is 0 Å². The summed E-state index contributed by atoms with van der Waals surface area (Å²) in [5, 5.41) is 12.2. The summed E-state index contributed by atoms with van der Waals surface area (Å²) in [5.41, 5.74) is 1.30. The van der Waals surface area contributed by atoms with Crippen LogP contribution in [0, 0.1) is 18.7 Å². The van der Waals surface area contributed by atoms with E-state index < -0.39 is 6.10 Å². The van der Waals surface area contributed by atoms with Crippen molar-refractivity contribution in [2.24, 2.45) is 5.92 Å². The van der Waals surface area contributed by atoms with Gasteiger partial charge in [0.25, 0.3) is 0 Å². The minimum Gasteiger partial charge on any atom is -0.392 e. The summed E-state index contributed by atoms with van der Waals surface area (Å²) in [7, 11) is 0. The van der Waals surface area contributed by atoms with Crippen molar-refractivity contribution in [1.82, 2.24) is 5.32 Å². The Bertz CT molecular complexity index is 418. The highest BCUT2D eigenvalue weighted by Crippen LogP contribution is 2.09. The molecule has 3 nitrogen and oxygen atoms in total. The zero-order chi connectivity index (χ0) is 13.7. The lowest BCUT2D eigenvalue weighted by Crippen LogP contribution is -2.29. The normalized spacial score (nSPS) is 12.6. The SMILES string of the molecule is Cc1ccc(CNC(=O)CC(O)C(C)C)cc1F. The number of carbonyl (C=O) groups excluding carboxylic acids is 1. The van der Waals surface area contributed by atoms with Crippen LogP contribution in [0.1, 0.15) is 31.4 Å². The van der Waals surface area contributed by atoms with Crippen LogP contribution in [0.4, 0.5) is 4.39 Å². The fourth-order valence-corrected chi connectivity index (χ4v) is 1.44. The molecule has 1 atom stereocenters. The highest BCUT2D eigenvalue weighted by atomic mass is 19.1. The average molecular weight is 253 g/mol. The van der Waals surface area contributed by atoms with Crippen LogP contribution in [-0.2, 0) is 11.3 Å². The van der Waals surface area contributed by atoms with E-state index in [9.17, 15) is 14.3 Å². The van der Waals surface area contributed by atoms with Gasteiger partial charge in [-0.1, -0.05) is 26.0 Å². The van der Waals surface area contributed by atoms with Gasteiger partial charge in [-0.3, -0.25) is 4.79 Å². The van der Waals surface area contributed by atoms with Gasteiger partial charge in [-0.2, -0.15) is 0 Å². The average Bonchev–Trinajstić information content (AvgIpc) is 2.30. The summed E-state index contributed by atoms with van der Waals surface area (Å²) < 4.78 is 13.3. The predicted molar refractivity (Wildman–Crippen MR) is 68.4 cm³/mol. The van der Waals surface area contributed by atoms with Crippen LogP contribution in [0.3, 0.4) is 0 Å². The molecular weight excluding hydrogens is 233 g/mol. The molecule has 4 heteroatoms. The summed E-state index contributed by atoms with van der Waals surface area (Å²) in [6, 6.07) is 4.87. The zero-order valence-corrected chi connectivity index (χ0v) is 11.0. The molecule has 100 valence electrons. The van der Waals surface area contributed by atoms with E-state index in [0.29, 0.717) is 11.1 Å². The van der Waals surface area contributed by atoms with Crippen molar-refractivity contribution in [3.05, 3.63) is 35.1 Å². The summed E-state index contributed by atoms with van der Waals surface area (Å²) in [6.07, 6.45) is -0.564. The third-order valence-corrected chi connectivity index (χ3v) is 2.89. The lowest BCUT2D eigenvalue weighted by molar-refractivity contribution is -0.123. The van der Waals surface area contributed by atoms with Gasteiger partial charge >= 0.3 is 0 Å². The van der Waals surface area contributed by atoms with Crippen molar-refractivity contribution in [2.75, 3.05) is 0 Å². The first-order valence-electron chi connectivity index (χ1n) is 6.10. The van der Waals surface area contributed by atoms with E-state index in [4.69, 9.17) is 0 Å². The molecule has 1 rings (SSSR count). The molecule has 0 aliphatic heterocycles. The summed E-state index contributed by atoms with van der Waals surface area (Å²) in [5.74, 6) is -0.450. The lowest BCUT2D eigenvalue weighted by atomic mass is 10.0. The highest BCUT2D eigenvalue weighted by molar-refractivity contribution is 5.76. The smallest absolute Gasteiger partial charge is 0.222 e. The molecule has 1 aromatic carbocycles. The second kappa shape index (κ2) is 6.50. The Balaban J connectivity index is 2.45. The third kappa shape index (κ3) is 4.45. The van der Waals surface area contributed by atoms with E-state index in [-0.39, 0.29) is 30.6 Å². The van der Waals surface area contributed by atoms with Crippen molar-refractivity contribution >= 4 is 5.91 Å². The fourth-order valence-electron chi connectivity index (χ4n) is 1.44. The Morgan fingerprint density at radius 3 is 2.67 bits per heavy atom. The molecule has 1 aromatic rings. The van der Waals surface area contributed by atoms with Crippen molar-refractivity contribution < 1.29 is 14.3 Å². The first kappa shape index (κ1) is 14.6. The van der Waals surface area contributed by atoms with Gasteiger partial charge in [0, 0.05) is 6.54 Å². The van der Waals surface area contributed by atoms with E-state index in [1.165, 1.54) is 6.07 Å². The maximum absolute atomic E-state index is 13.3. The number of halogens is 1. The van der Waals surface area contributed by atoms with Crippen LogP contribution in [0.15, 0.2) is 18.2 Å². The van der Waals surface area contributed by atoms with E-state index in [2.05, 4.69) is 5.32 Å². The Morgan fingerprint density at radius 2 is 2.11 bits per heavy atom. The third-order valence-electron chi connectivity index (χ3n) is 2.89. The number of rotatable bonds is 5. The van der Waals surface area contributed by atoms with Gasteiger partial charge in [0.05, 0.1) is 12.5 Å². The molecule has 1 unspecified atom stereocenters. The highest BCUT2D eigenvalue weighted by Gasteiger charge is 2.13. The number of hydrogen-bond donors (Lipinski definition) is 2. The van der Waals surface area contributed by atoms with Crippen molar-refractivity contribution in [3.63, 3.8) is 0 Å². The standard InChI is InChI=1S/C14H20FNO2/c1-9(2)13(17)7-14(18)16-8-11-5-4-10(3)12(15)6-11/h4-6,9,13,17H,7-8H2,1-3H3,(H,16,18). The van der Waals surface area contributed by atoms with Crippen LogP contribution < -0.4 is 5.32 Å². The fraction of sp³-hybridized carbons (Fsp3) is 0.500. The first-order chi connectivity index (χ1) is 8.40. The molecule has 1 amide bonds. The van der Waals surface area contributed by atoms with Crippen molar-refractivity contribution in [3.8, 4) is 0 Å². The zero-order valence-electron chi connectivity index (χ0n) is 11.0. The van der Waals surface area contributed by atoms with Gasteiger partial charge in [0.15, 0.2) is 0 Å². The molecule has 0 saturated heterocycles. The summed E-state index contributed by atoms with van der Waals surface area (Å²) in [6.45, 7) is 5.68.